The summed E-state index contributed by atoms with van der Waals surface area (Å²) in [5.74, 6) is 0.326. The second-order valence-electron chi connectivity index (χ2n) is 18.5. The number of nitrogens with zero attached hydrogens (tertiary/aromatic N) is 8. The molecule has 4 aromatic carbocycles. The van der Waals surface area contributed by atoms with Crippen LogP contribution in [0.25, 0.3) is 22.5 Å². The second kappa shape index (κ2) is 23.6. The number of pyridine rings is 2. The van der Waals surface area contributed by atoms with Gasteiger partial charge < -0.3 is 23.7 Å². The van der Waals surface area contributed by atoms with Crippen LogP contribution in [0.5, 0.6) is 0 Å². The van der Waals surface area contributed by atoms with Crippen molar-refractivity contribution < 1.29 is 33.1 Å². The van der Waals surface area contributed by atoms with E-state index in [-0.39, 0.29) is 42.8 Å². The van der Waals surface area contributed by atoms with Crippen molar-refractivity contribution in [2.24, 2.45) is 0 Å². The molecule has 380 valence electrons. The Balaban J connectivity index is 0.000000199. The predicted molar refractivity (Wildman–Crippen MR) is 276 cm³/mol. The lowest BCUT2D eigenvalue weighted by Gasteiger charge is -2.43. The van der Waals surface area contributed by atoms with Crippen molar-refractivity contribution in [3.63, 3.8) is 0 Å². The number of hydrazine groups is 1. The zero-order valence-electron chi connectivity index (χ0n) is 42.1. The molecule has 17 heteroatoms. The van der Waals surface area contributed by atoms with Crippen molar-refractivity contribution >= 4 is 24.0 Å². The number of rotatable bonds is 14. The molecule has 4 atom stereocenters. The first kappa shape index (κ1) is 52.1. The van der Waals surface area contributed by atoms with E-state index in [1.807, 2.05) is 129 Å². The minimum Gasteiger partial charge on any atom is -0.438 e. The Kier molecular flexibility index (Phi) is 16.4. The fourth-order valence-electron chi connectivity index (χ4n) is 9.34. The zero-order valence-corrected chi connectivity index (χ0v) is 42.1. The van der Waals surface area contributed by atoms with Crippen LogP contribution >= 0.6 is 0 Å². The van der Waals surface area contributed by atoms with Crippen LogP contribution in [0.15, 0.2) is 150 Å². The van der Waals surface area contributed by atoms with Crippen molar-refractivity contribution in [1.82, 2.24) is 40.8 Å². The van der Waals surface area contributed by atoms with Crippen LogP contribution in [-0.4, -0.2) is 67.1 Å². The van der Waals surface area contributed by atoms with E-state index < -0.39 is 17.3 Å². The molecule has 2 fully saturated rings. The molecule has 0 saturated carbocycles. The summed E-state index contributed by atoms with van der Waals surface area (Å²) in [4.78, 5) is 62.2. The van der Waals surface area contributed by atoms with Gasteiger partial charge in [-0.15, -0.1) is 10.2 Å². The topological polar surface area (TPSA) is 230 Å². The van der Waals surface area contributed by atoms with E-state index in [9.17, 15) is 19.2 Å². The van der Waals surface area contributed by atoms with Gasteiger partial charge in [-0.05, 0) is 60.4 Å². The van der Waals surface area contributed by atoms with E-state index >= 15 is 0 Å². The number of amides is 4. The van der Waals surface area contributed by atoms with E-state index in [0.29, 0.717) is 61.7 Å². The van der Waals surface area contributed by atoms with Gasteiger partial charge in [-0.25, -0.2) is 9.59 Å². The summed E-state index contributed by atoms with van der Waals surface area (Å²) in [6, 6.07) is 45.9. The molecule has 3 aromatic heterocycles. The van der Waals surface area contributed by atoms with Crippen LogP contribution in [-0.2, 0) is 36.7 Å². The van der Waals surface area contributed by atoms with Gasteiger partial charge in [0.05, 0.1) is 34.6 Å². The first-order valence-electron chi connectivity index (χ1n) is 24.7. The van der Waals surface area contributed by atoms with Crippen molar-refractivity contribution in [1.29, 1.82) is 10.5 Å². The molecule has 5 heterocycles. The molecule has 0 radical (unpaired) electrons. The van der Waals surface area contributed by atoms with Gasteiger partial charge in [-0.2, -0.15) is 10.5 Å². The molecule has 4 amide bonds. The number of carbonyl (C=O) groups is 4. The Hall–Kier alpha value is -9.22. The molecule has 2 aliphatic rings. The van der Waals surface area contributed by atoms with Gasteiger partial charge in [0.15, 0.2) is 0 Å². The minimum absolute atomic E-state index is 0.0723. The molecule has 2 saturated heterocycles. The third kappa shape index (κ3) is 12.5. The monoisotopic (exact) mass is 1000 g/mol. The highest BCUT2D eigenvalue weighted by atomic mass is 16.6. The standard InChI is InChI=1S/C29H29N5O4.C29H27N5O3/c1-20(23-9-11-24(12-10-23)26-13-8-22(18-30)19-31-26)34-17-16-29(38-28(34)37,25-6-4-3-5-7-25)15-14-27(36)33-32-21(2)35;1-20(23-9-11-24(12-10-23)26-13-8-22(18-30)19-31-26)34-17-16-29(37-28(34)35,25-6-4-3-5-7-25)15-14-27-33-32-21(2)36-27/h3-13,19-20H,14-17H2,1-2H3,(H,32,35)(H,33,36);3-13,19-20H,14-17H2,1-2H3/t2*20-,29+/m00/s1. The maximum atomic E-state index is 13.4. The van der Waals surface area contributed by atoms with E-state index in [2.05, 4.69) is 43.2 Å². The van der Waals surface area contributed by atoms with Crippen LogP contribution < -0.4 is 10.9 Å². The number of cyclic esters (lactones) is 2. The molecule has 2 aliphatic heterocycles. The minimum atomic E-state index is -0.951. The Labute approximate surface area is 435 Å². The first-order valence-corrected chi connectivity index (χ1v) is 24.7. The second-order valence-corrected chi connectivity index (χ2v) is 18.5. The van der Waals surface area contributed by atoms with Crippen molar-refractivity contribution in [2.45, 2.75) is 89.5 Å². The molecule has 9 rings (SSSR count). The van der Waals surface area contributed by atoms with Crippen molar-refractivity contribution in [3.8, 4) is 34.7 Å². The quantitative estimate of drug-likeness (QED) is 0.0968. The third-order valence-corrected chi connectivity index (χ3v) is 13.7. The van der Waals surface area contributed by atoms with Crippen LogP contribution in [0.2, 0.25) is 0 Å². The average molecular weight is 1010 g/mol. The molecule has 0 bridgehead atoms. The Bertz CT molecular complexity index is 3180. The van der Waals surface area contributed by atoms with Gasteiger partial charge in [0.1, 0.15) is 23.3 Å². The number of aromatic nitrogens is 4. The van der Waals surface area contributed by atoms with Gasteiger partial charge in [-0.3, -0.25) is 30.4 Å². The van der Waals surface area contributed by atoms with E-state index in [1.165, 1.54) is 13.1 Å². The summed E-state index contributed by atoms with van der Waals surface area (Å²) in [6.07, 6.45) is 4.89. The lowest BCUT2D eigenvalue weighted by molar-refractivity contribution is -0.129. The third-order valence-electron chi connectivity index (χ3n) is 13.7. The van der Waals surface area contributed by atoms with Crippen LogP contribution in [0.3, 0.4) is 0 Å². The number of benzene rings is 4. The van der Waals surface area contributed by atoms with Crippen LogP contribution in [0, 0.1) is 29.6 Å². The molecule has 75 heavy (non-hydrogen) atoms. The number of nitrogens with one attached hydrogen (secondary N) is 2. The number of hydrogen-bond donors (Lipinski definition) is 2. The van der Waals surface area contributed by atoms with E-state index in [4.69, 9.17) is 24.4 Å². The maximum Gasteiger partial charge on any atom is 0.411 e. The number of carbonyl (C=O) groups excluding carboxylic acids is 4. The normalized spacial score (nSPS) is 17.9. The summed E-state index contributed by atoms with van der Waals surface area (Å²) in [5, 5.41) is 26.0. The highest BCUT2D eigenvalue weighted by Gasteiger charge is 2.45. The molecule has 7 aromatic rings. The predicted octanol–water partition coefficient (Wildman–Crippen LogP) is 10.1. The fourth-order valence-corrected chi connectivity index (χ4v) is 9.34. The van der Waals surface area contributed by atoms with Gasteiger partial charge in [0.25, 0.3) is 0 Å². The molecular weight excluding hydrogens is 949 g/mol. The molecular formula is C58H56N10O7. The Morgan fingerprint density at radius 1 is 0.640 bits per heavy atom. The van der Waals surface area contributed by atoms with E-state index in [1.54, 1.807) is 41.1 Å². The van der Waals surface area contributed by atoms with E-state index in [0.717, 1.165) is 44.8 Å². The molecule has 0 aliphatic carbocycles. The fraction of sp³-hybridized carbons (Fsp3) is 0.276. The van der Waals surface area contributed by atoms with Crippen molar-refractivity contribution in [2.75, 3.05) is 13.1 Å². The first-order chi connectivity index (χ1) is 36.3. The Morgan fingerprint density at radius 3 is 1.49 bits per heavy atom. The smallest absolute Gasteiger partial charge is 0.411 e. The van der Waals surface area contributed by atoms with Gasteiger partial charge in [-0.1, -0.05) is 109 Å². The lowest BCUT2D eigenvalue weighted by atomic mass is 9.84. The zero-order chi connectivity index (χ0) is 53.0. The largest absolute Gasteiger partial charge is 0.438 e. The summed E-state index contributed by atoms with van der Waals surface area (Å²) in [7, 11) is 0. The molecule has 0 unspecified atom stereocenters. The Morgan fingerprint density at radius 2 is 1.11 bits per heavy atom. The molecule has 17 nitrogen and oxygen atoms in total. The van der Waals surface area contributed by atoms with Gasteiger partial charge in [0.2, 0.25) is 23.6 Å². The van der Waals surface area contributed by atoms with Crippen molar-refractivity contribution in [3.05, 3.63) is 191 Å². The van der Waals surface area contributed by atoms with Gasteiger partial charge >= 0.3 is 12.2 Å². The summed E-state index contributed by atoms with van der Waals surface area (Å²) in [5.41, 5.74) is 11.1. The maximum absolute atomic E-state index is 13.4. The highest BCUT2D eigenvalue weighted by molar-refractivity contribution is 5.81. The average Bonchev–Trinajstić information content (AvgIpc) is 3.88. The van der Waals surface area contributed by atoms with Crippen LogP contribution in [0.1, 0.15) is 110 Å². The number of ether oxygens (including phenoxy) is 2. The highest BCUT2D eigenvalue weighted by Crippen LogP contribution is 2.42. The molecule has 0 spiro atoms. The lowest BCUT2D eigenvalue weighted by Crippen LogP contribution is -2.49. The molecule has 2 N–H and O–H groups in total. The van der Waals surface area contributed by atoms with Crippen LogP contribution in [0.4, 0.5) is 9.59 Å². The number of aryl methyl sites for hydroxylation is 2. The summed E-state index contributed by atoms with van der Waals surface area (Å²) < 4.78 is 17.9. The number of nitriles is 2. The SMILES string of the molecule is CC(=O)NNC(=O)CC[C@]1(c2ccccc2)CCN([C@@H](C)c2ccc(-c3ccc(C#N)cn3)cc2)C(=O)O1.Cc1nnc(CC[C@]2(c3ccccc3)CCN([C@@H](C)c3ccc(-c4ccc(C#N)cn4)cc3)C(=O)O2)o1. The van der Waals surface area contributed by atoms with Gasteiger partial charge in [0, 0.05) is 89.0 Å². The summed E-state index contributed by atoms with van der Waals surface area (Å²) in [6.45, 7) is 8.02. The summed E-state index contributed by atoms with van der Waals surface area (Å²) >= 11 is 0. The number of hydrogen-bond acceptors (Lipinski definition) is 13.